The Bertz CT molecular complexity index is 164. The Hall–Kier alpha value is -0.120. The molecule has 3 heteroatoms. The minimum atomic E-state index is 0.206. The van der Waals surface area contributed by atoms with Gasteiger partial charge in [-0.05, 0) is 67.8 Å². The zero-order valence-corrected chi connectivity index (χ0v) is 11.4. The molecular weight excluding hydrogens is 186 g/mol. The van der Waals surface area contributed by atoms with Gasteiger partial charge in [-0.1, -0.05) is 0 Å². The molecule has 0 fully saturated rings. The van der Waals surface area contributed by atoms with E-state index in [1.54, 1.807) is 0 Å². The first kappa shape index (κ1) is 14.9. The van der Waals surface area contributed by atoms with E-state index < -0.39 is 0 Å². The fourth-order valence-corrected chi connectivity index (χ4v) is 1.60. The molecule has 2 N–H and O–H groups in total. The summed E-state index contributed by atoms with van der Waals surface area (Å²) in [5.74, 6) is 0. The predicted octanol–water partition coefficient (Wildman–Crippen LogP) is 1.39. The third-order valence-corrected chi connectivity index (χ3v) is 3.15. The summed E-state index contributed by atoms with van der Waals surface area (Å²) in [6, 6.07) is 0.322. The Kier molecular flexibility index (Phi) is 6.41. The lowest BCUT2D eigenvalue weighted by Crippen LogP contribution is -2.43. The van der Waals surface area contributed by atoms with Gasteiger partial charge >= 0.3 is 0 Å². The smallest absolute Gasteiger partial charge is 0.0161 e. The van der Waals surface area contributed by atoms with Crippen LogP contribution in [-0.2, 0) is 0 Å². The van der Waals surface area contributed by atoms with Gasteiger partial charge in [-0.15, -0.1) is 0 Å². The first-order valence-corrected chi connectivity index (χ1v) is 5.83. The molecule has 0 rings (SSSR count). The van der Waals surface area contributed by atoms with Crippen molar-refractivity contribution in [3.05, 3.63) is 0 Å². The second-order valence-corrected chi connectivity index (χ2v) is 5.62. The number of hydrogen-bond donors (Lipinski definition) is 1. The van der Waals surface area contributed by atoms with E-state index >= 15 is 0 Å². The van der Waals surface area contributed by atoms with Crippen LogP contribution in [0.2, 0.25) is 0 Å². The highest BCUT2D eigenvalue weighted by Gasteiger charge is 2.23. The third-order valence-electron chi connectivity index (χ3n) is 3.15. The lowest BCUT2D eigenvalue weighted by Gasteiger charge is -2.35. The van der Waals surface area contributed by atoms with Crippen molar-refractivity contribution in [3.8, 4) is 0 Å². The van der Waals surface area contributed by atoms with E-state index in [0.717, 1.165) is 19.4 Å². The number of nitrogens with zero attached hydrogens (tertiary/aromatic N) is 2. The van der Waals surface area contributed by atoms with Crippen LogP contribution in [0, 0.1) is 0 Å². The fourth-order valence-electron chi connectivity index (χ4n) is 1.60. The minimum absolute atomic E-state index is 0.206. The summed E-state index contributed by atoms with van der Waals surface area (Å²) in [6.07, 6.45) is 3.38. The third kappa shape index (κ3) is 6.88. The first-order chi connectivity index (χ1) is 6.75. The maximum absolute atomic E-state index is 6.14. The summed E-state index contributed by atoms with van der Waals surface area (Å²) >= 11 is 0. The average molecular weight is 215 g/mol. The summed E-state index contributed by atoms with van der Waals surface area (Å²) in [5, 5.41) is 0. The van der Waals surface area contributed by atoms with Crippen molar-refractivity contribution < 1.29 is 0 Å². The molecule has 0 saturated heterocycles. The molecule has 0 aliphatic heterocycles. The zero-order chi connectivity index (χ0) is 12.1. The molecule has 0 amide bonds. The molecule has 0 heterocycles. The quantitative estimate of drug-likeness (QED) is 0.696. The standard InChI is InChI=1S/C12H29N3/c1-12(2,15(5)6)10-11(13)8-7-9-14(3)4/h11H,7-10,13H2,1-6H3. The Morgan fingerprint density at radius 3 is 2.07 bits per heavy atom. The highest BCUT2D eigenvalue weighted by molar-refractivity contribution is 4.82. The van der Waals surface area contributed by atoms with Gasteiger partial charge in [0.1, 0.15) is 0 Å². The van der Waals surface area contributed by atoms with Crippen LogP contribution in [0.15, 0.2) is 0 Å². The highest BCUT2D eigenvalue weighted by atomic mass is 15.1. The molecular formula is C12H29N3. The van der Waals surface area contributed by atoms with E-state index in [1.807, 2.05) is 0 Å². The summed E-state index contributed by atoms with van der Waals surface area (Å²) < 4.78 is 0. The van der Waals surface area contributed by atoms with Gasteiger partial charge in [0.2, 0.25) is 0 Å². The van der Waals surface area contributed by atoms with E-state index in [1.165, 1.54) is 6.42 Å². The maximum Gasteiger partial charge on any atom is 0.0161 e. The lowest BCUT2D eigenvalue weighted by atomic mass is 9.92. The van der Waals surface area contributed by atoms with Gasteiger partial charge < -0.3 is 15.5 Å². The predicted molar refractivity (Wildman–Crippen MR) is 68.1 cm³/mol. The Morgan fingerprint density at radius 2 is 1.67 bits per heavy atom. The Labute approximate surface area is 95.6 Å². The van der Waals surface area contributed by atoms with Crippen LogP contribution in [0.3, 0.4) is 0 Å². The van der Waals surface area contributed by atoms with Gasteiger partial charge in [-0.3, -0.25) is 0 Å². The molecule has 1 atom stereocenters. The molecule has 1 unspecified atom stereocenters. The lowest BCUT2D eigenvalue weighted by molar-refractivity contribution is 0.168. The molecule has 0 saturated carbocycles. The van der Waals surface area contributed by atoms with Crippen LogP contribution < -0.4 is 5.73 Å². The molecule has 92 valence electrons. The fraction of sp³-hybridized carbons (Fsp3) is 1.00. The average Bonchev–Trinajstić information content (AvgIpc) is 2.01. The molecule has 0 aliphatic carbocycles. The second kappa shape index (κ2) is 6.46. The SMILES string of the molecule is CN(C)CCCC(N)CC(C)(C)N(C)C. The molecule has 0 aromatic carbocycles. The molecule has 0 aromatic rings. The monoisotopic (exact) mass is 215 g/mol. The summed E-state index contributed by atoms with van der Waals surface area (Å²) in [4.78, 5) is 4.46. The molecule has 0 aliphatic rings. The van der Waals surface area contributed by atoms with Gasteiger partial charge in [0.05, 0.1) is 0 Å². The van der Waals surface area contributed by atoms with Gasteiger partial charge in [0.25, 0.3) is 0 Å². The Balaban J connectivity index is 3.78. The van der Waals surface area contributed by atoms with E-state index in [-0.39, 0.29) is 5.54 Å². The number of rotatable bonds is 7. The van der Waals surface area contributed by atoms with E-state index in [0.29, 0.717) is 6.04 Å². The van der Waals surface area contributed by atoms with E-state index in [9.17, 15) is 0 Å². The topological polar surface area (TPSA) is 32.5 Å². The van der Waals surface area contributed by atoms with Crippen molar-refractivity contribution in [2.24, 2.45) is 5.73 Å². The molecule has 0 spiro atoms. The van der Waals surface area contributed by atoms with Crippen molar-refractivity contribution in [2.45, 2.75) is 44.7 Å². The van der Waals surface area contributed by atoms with Crippen molar-refractivity contribution in [1.82, 2.24) is 9.80 Å². The van der Waals surface area contributed by atoms with Crippen LogP contribution in [-0.4, -0.2) is 56.1 Å². The number of nitrogens with two attached hydrogens (primary N) is 1. The first-order valence-electron chi connectivity index (χ1n) is 5.83. The molecule has 0 radical (unpaired) electrons. The summed E-state index contributed by atoms with van der Waals surface area (Å²) in [7, 11) is 8.45. The molecule has 15 heavy (non-hydrogen) atoms. The normalized spacial score (nSPS) is 15.0. The van der Waals surface area contributed by atoms with Crippen LogP contribution in [0.25, 0.3) is 0 Å². The number of hydrogen-bond acceptors (Lipinski definition) is 3. The second-order valence-electron chi connectivity index (χ2n) is 5.62. The van der Waals surface area contributed by atoms with Crippen molar-refractivity contribution in [3.63, 3.8) is 0 Å². The van der Waals surface area contributed by atoms with Gasteiger partial charge in [0.15, 0.2) is 0 Å². The molecule has 0 aromatic heterocycles. The zero-order valence-electron chi connectivity index (χ0n) is 11.4. The summed E-state index contributed by atoms with van der Waals surface area (Å²) in [6.45, 7) is 5.63. The van der Waals surface area contributed by atoms with Gasteiger partial charge in [-0.25, -0.2) is 0 Å². The van der Waals surface area contributed by atoms with Crippen LogP contribution in [0.1, 0.15) is 33.1 Å². The van der Waals surface area contributed by atoms with E-state index in [2.05, 4.69) is 51.8 Å². The van der Waals surface area contributed by atoms with Crippen molar-refractivity contribution in [1.29, 1.82) is 0 Å². The van der Waals surface area contributed by atoms with Crippen LogP contribution in [0.5, 0.6) is 0 Å². The summed E-state index contributed by atoms with van der Waals surface area (Å²) in [5.41, 5.74) is 6.34. The minimum Gasteiger partial charge on any atom is -0.328 e. The van der Waals surface area contributed by atoms with Crippen molar-refractivity contribution >= 4 is 0 Å². The van der Waals surface area contributed by atoms with Gasteiger partial charge in [0, 0.05) is 11.6 Å². The van der Waals surface area contributed by atoms with Crippen LogP contribution >= 0.6 is 0 Å². The highest BCUT2D eigenvalue weighted by Crippen LogP contribution is 2.18. The maximum atomic E-state index is 6.14. The largest absolute Gasteiger partial charge is 0.328 e. The molecule has 3 nitrogen and oxygen atoms in total. The van der Waals surface area contributed by atoms with E-state index in [4.69, 9.17) is 5.73 Å². The van der Waals surface area contributed by atoms with Gasteiger partial charge in [-0.2, -0.15) is 0 Å². The Morgan fingerprint density at radius 1 is 1.13 bits per heavy atom. The molecule has 0 bridgehead atoms. The van der Waals surface area contributed by atoms with Crippen molar-refractivity contribution in [2.75, 3.05) is 34.7 Å². The van der Waals surface area contributed by atoms with Crippen LogP contribution in [0.4, 0.5) is 0 Å².